The van der Waals surface area contributed by atoms with Gasteiger partial charge in [-0.15, -0.1) is 11.3 Å². The van der Waals surface area contributed by atoms with Crippen molar-refractivity contribution in [2.24, 2.45) is 0 Å². The smallest absolute Gasteiger partial charge is 0.358 e. The van der Waals surface area contributed by atoms with Crippen molar-refractivity contribution in [1.29, 1.82) is 0 Å². The molecule has 0 saturated carbocycles. The van der Waals surface area contributed by atoms with Crippen LogP contribution in [0.2, 0.25) is 14.4 Å². The first kappa shape index (κ1) is 15.4. The lowest BCUT2D eigenvalue weighted by atomic mass is 10.2. The van der Waals surface area contributed by atoms with E-state index in [2.05, 4.69) is 9.72 Å². The van der Waals surface area contributed by atoms with Gasteiger partial charge in [-0.05, 0) is 18.6 Å². The van der Waals surface area contributed by atoms with E-state index in [9.17, 15) is 4.79 Å². The molecule has 2 aromatic rings. The summed E-state index contributed by atoms with van der Waals surface area (Å²) in [6.45, 7) is 1.80. The number of halogens is 3. The third kappa shape index (κ3) is 2.59. The Bertz CT molecular complexity index is 700. The zero-order chi connectivity index (χ0) is 15.0. The maximum Gasteiger partial charge on any atom is 0.358 e. The number of carbonyl (C=O) groups is 1. The highest BCUT2D eigenvalue weighted by Crippen LogP contribution is 2.43. The molecule has 106 valence electrons. The standard InChI is InChI=1S/C12H9Cl3N2O2S/c1-4-7(13)10(20-11(4)15)6-3-5(16)8(14)9(17-6)12(18)19-2/h3H,1-2H3,(H2,16,17). The first-order chi connectivity index (χ1) is 9.36. The molecular weight excluding hydrogens is 343 g/mol. The molecule has 0 bridgehead atoms. The largest absolute Gasteiger partial charge is 0.464 e. The van der Waals surface area contributed by atoms with Crippen LogP contribution in [0.3, 0.4) is 0 Å². The summed E-state index contributed by atoms with van der Waals surface area (Å²) in [5, 5.41) is 0.529. The molecule has 8 heteroatoms. The Morgan fingerprint density at radius 2 is 2.00 bits per heavy atom. The van der Waals surface area contributed by atoms with Crippen molar-refractivity contribution in [3.63, 3.8) is 0 Å². The lowest BCUT2D eigenvalue weighted by Gasteiger charge is -2.07. The minimum atomic E-state index is -0.668. The van der Waals surface area contributed by atoms with Crippen molar-refractivity contribution in [2.75, 3.05) is 12.8 Å². The second-order valence-electron chi connectivity index (χ2n) is 3.89. The SMILES string of the molecule is COC(=O)c1nc(-c2sc(Cl)c(C)c2Cl)cc(N)c1Cl. The van der Waals surface area contributed by atoms with E-state index >= 15 is 0 Å². The predicted molar refractivity (Wildman–Crippen MR) is 83.1 cm³/mol. The van der Waals surface area contributed by atoms with Gasteiger partial charge in [-0.2, -0.15) is 0 Å². The molecule has 0 unspecified atom stereocenters. The molecule has 0 aliphatic heterocycles. The van der Waals surface area contributed by atoms with Gasteiger partial charge in [0, 0.05) is 0 Å². The number of hydrogen-bond acceptors (Lipinski definition) is 5. The monoisotopic (exact) mass is 350 g/mol. The van der Waals surface area contributed by atoms with E-state index in [0.29, 0.717) is 19.9 Å². The maximum absolute atomic E-state index is 11.6. The van der Waals surface area contributed by atoms with Crippen molar-refractivity contribution < 1.29 is 9.53 Å². The molecule has 0 radical (unpaired) electrons. The topological polar surface area (TPSA) is 65.2 Å². The normalized spacial score (nSPS) is 10.7. The van der Waals surface area contributed by atoms with Gasteiger partial charge in [0.2, 0.25) is 0 Å². The molecule has 2 N–H and O–H groups in total. The first-order valence-electron chi connectivity index (χ1n) is 5.35. The summed E-state index contributed by atoms with van der Waals surface area (Å²) in [6.07, 6.45) is 0. The van der Waals surface area contributed by atoms with Crippen molar-refractivity contribution >= 4 is 57.8 Å². The average molecular weight is 352 g/mol. The number of nitrogen functional groups attached to an aromatic ring is 1. The van der Waals surface area contributed by atoms with E-state index in [4.69, 9.17) is 40.5 Å². The zero-order valence-corrected chi connectivity index (χ0v) is 13.5. The van der Waals surface area contributed by atoms with Gasteiger partial charge in [-0.3, -0.25) is 0 Å². The van der Waals surface area contributed by atoms with Crippen molar-refractivity contribution in [3.05, 3.63) is 31.7 Å². The predicted octanol–water partition coefficient (Wildman–Crippen LogP) is 4.45. The van der Waals surface area contributed by atoms with Gasteiger partial charge in [0.05, 0.1) is 37.7 Å². The lowest BCUT2D eigenvalue weighted by molar-refractivity contribution is 0.0594. The number of ether oxygens (including phenoxy) is 1. The Morgan fingerprint density at radius 3 is 2.50 bits per heavy atom. The number of carbonyl (C=O) groups excluding carboxylic acids is 1. The molecule has 0 fully saturated rings. The van der Waals surface area contributed by atoms with Gasteiger partial charge in [-0.1, -0.05) is 34.8 Å². The molecule has 0 saturated heterocycles. The fourth-order valence-electron chi connectivity index (χ4n) is 1.53. The second kappa shape index (κ2) is 5.77. The van der Waals surface area contributed by atoms with Crippen LogP contribution in [0.4, 0.5) is 5.69 Å². The Kier molecular flexibility index (Phi) is 4.44. The number of thiophene rings is 1. The second-order valence-corrected chi connectivity index (χ2v) is 6.27. The van der Waals surface area contributed by atoms with E-state index in [1.165, 1.54) is 18.4 Å². The quantitative estimate of drug-likeness (QED) is 0.812. The summed E-state index contributed by atoms with van der Waals surface area (Å²) < 4.78 is 5.18. The molecule has 0 atom stereocenters. The first-order valence-corrected chi connectivity index (χ1v) is 7.31. The van der Waals surface area contributed by atoms with Crippen LogP contribution in [0.25, 0.3) is 10.6 Å². The van der Waals surface area contributed by atoms with Crippen LogP contribution >= 0.6 is 46.1 Å². The van der Waals surface area contributed by atoms with E-state index in [1.807, 2.05) is 0 Å². The molecule has 0 spiro atoms. The highest BCUT2D eigenvalue weighted by molar-refractivity contribution is 7.20. The lowest BCUT2D eigenvalue weighted by Crippen LogP contribution is -2.07. The molecule has 4 nitrogen and oxygen atoms in total. The molecule has 2 heterocycles. The Labute approximate surface area is 134 Å². The summed E-state index contributed by atoms with van der Waals surface area (Å²) in [6, 6.07) is 1.54. The van der Waals surface area contributed by atoms with E-state index in [0.717, 1.165) is 5.56 Å². The molecular formula is C12H9Cl3N2O2S. The van der Waals surface area contributed by atoms with E-state index in [-0.39, 0.29) is 16.4 Å². The fraction of sp³-hybridized carbons (Fsp3) is 0.167. The average Bonchev–Trinajstić information content (AvgIpc) is 2.68. The Morgan fingerprint density at radius 1 is 1.35 bits per heavy atom. The summed E-state index contributed by atoms with van der Waals surface area (Å²) in [5.41, 5.74) is 7.14. The minimum absolute atomic E-state index is 0.0519. The van der Waals surface area contributed by atoms with Crippen LogP contribution in [-0.2, 0) is 4.74 Å². The van der Waals surface area contributed by atoms with Crippen molar-refractivity contribution in [1.82, 2.24) is 4.98 Å². The molecule has 2 rings (SSSR count). The highest BCUT2D eigenvalue weighted by atomic mass is 35.5. The van der Waals surface area contributed by atoms with Gasteiger partial charge >= 0.3 is 5.97 Å². The molecule has 0 aromatic carbocycles. The third-order valence-electron chi connectivity index (χ3n) is 2.61. The van der Waals surface area contributed by atoms with E-state index in [1.54, 1.807) is 13.0 Å². The number of anilines is 1. The van der Waals surface area contributed by atoms with Crippen LogP contribution in [0.1, 0.15) is 16.1 Å². The number of nitrogens with zero attached hydrogens (tertiary/aromatic N) is 1. The molecule has 0 aliphatic rings. The highest BCUT2D eigenvalue weighted by Gasteiger charge is 2.21. The van der Waals surface area contributed by atoms with Crippen LogP contribution in [0, 0.1) is 6.92 Å². The van der Waals surface area contributed by atoms with Gasteiger partial charge in [0.25, 0.3) is 0 Å². The molecule has 2 aromatic heterocycles. The van der Waals surface area contributed by atoms with Gasteiger partial charge in [-0.25, -0.2) is 9.78 Å². The molecule has 20 heavy (non-hydrogen) atoms. The molecule has 0 amide bonds. The Hall–Kier alpha value is -1.01. The summed E-state index contributed by atoms with van der Waals surface area (Å²) in [4.78, 5) is 16.4. The Balaban J connectivity index is 2.66. The number of nitrogens with two attached hydrogens (primary N) is 1. The number of hydrogen-bond donors (Lipinski definition) is 1. The van der Waals surface area contributed by atoms with Gasteiger partial charge in [0.15, 0.2) is 5.69 Å². The van der Waals surface area contributed by atoms with Gasteiger partial charge in [0.1, 0.15) is 0 Å². The van der Waals surface area contributed by atoms with Crippen LogP contribution < -0.4 is 5.73 Å². The number of rotatable bonds is 2. The van der Waals surface area contributed by atoms with Crippen LogP contribution in [0.15, 0.2) is 6.07 Å². The van der Waals surface area contributed by atoms with Gasteiger partial charge < -0.3 is 10.5 Å². The van der Waals surface area contributed by atoms with Crippen LogP contribution in [0.5, 0.6) is 0 Å². The summed E-state index contributed by atoms with van der Waals surface area (Å²) in [5.74, 6) is -0.668. The maximum atomic E-state index is 11.6. The third-order valence-corrected chi connectivity index (χ3v) is 5.21. The summed E-state index contributed by atoms with van der Waals surface area (Å²) >= 11 is 19.5. The zero-order valence-electron chi connectivity index (χ0n) is 10.5. The number of aromatic nitrogens is 1. The van der Waals surface area contributed by atoms with Crippen LogP contribution in [-0.4, -0.2) is 18.1 Å². The van der Waals surface area contributed by atoms with Crippen molar-refractivity contribution in [3.8, 4) is 10.6 Å². The van der Waals surface area contributed by atoms with E-state index < -0.39 is 5.97 Å². The molecule has 0 aliphatic carbocycles. The number of pyridine rings is 1. The number of esters is 1. The number of methoxy groups -OCH3 is 1. The summed E-state index contributed by atoms with van der Waals surface area (Å²) in [7, 11) is 1.24. The fourth-order valence-corrected chi connectivity index (χ4v) is 3.33. The minimum Gasteiger partial charge on any atom is -0.464 e. The van der Waals surface area contributed by atoms with Crippen molar-refractivity contribution in [2.45, 2.75) is 6.92 Å².